The average Bonchev–Trinajstić information content (AvgIpc) is 3.27. The molecule has 0 aliphatic heterocycles. The van der Waals surface area contributed by atoms with Crippen molar-refractivity contribution in [3.8, 4) is 0 Å². The van der Waals surface area contributed by atoms with Crippen molar-refractivity contribution in [3.05, 3.63) is 35.9 Å². The average molecular weight is 1020 g/mol. The monoisotopic (exact) mass is 1020 g/mol. The van der Waals surface area contributed by atoms with Crippen molar-refractivity contribution in [1.29, 1.82) is 0 Å². The van der Waals surface area contributed by atoms with Crippen molar-refractivity contribution in [3.63, 3.8) is 0 Å². The molecule has 25 nitrogen and oxygen atoms in total. The first kappa shape index (κ1) is 63.3. The number of rotatable bonds is 33. The van der Waals surface area contributed by atoms with Gasteiger partial charge in [0.15, 0.2) is 6.04 Å². The van der Waals surface area contributed by atoms with E-state index >= 15 is 0 Å². The number of nitrogens with two attached hydrogens (primary N) is 2. The van der Waals surface area contributed by atoms with Gasteiger partial charge in [0.2, 0.25) is 53.2 Å². The molecule has 1 rings (SSSR count). The number of hydrogen-bond donors (Lipinski definition) is 14. The van der Waals surface area contributed by atoms with Crippen LogP contribution in [0.15, 0.2) is 30.3 Å². The molecule has 0 fully saturated rings. The van der Waals surface area contributed by atoms with Gasteiger partial charge in [0.05, 0.1) is 18.8 Å². The first-order valence-corrected chi connectivity index (χ1v) is 23.8. The lowest BCUT2D eigenvalue weighted by Crippen LogP contribution is -2.60. The summed E-state index contributed by atoms with van der Waals surface area (Å²) in [5.41, 5.74) is 11.8. The van der Waals surface area contributed by atoms with E-state index in [0.29, 0.717) is 5.56 Å². The number of aliphatic carboxylic acids is 2. The third-order valence-electron chi connectivity index (χ3n) is 10.8. The van der Waals surface area contributed by atoms with Crippen LogP contribution in [0.4, 0.5) is 0 Å². The molecule has 1 aromatic carbocycles. The minimum absolute atomic E-state index is 0.0108. The van der Waals surface area contributed by atoms with Crippen molar-refractivity contribution >= 4 is 65.1 Å². The molecule has 0 bridgehead atoms. The summed E-state index contributed by atoms with van der Waals surface area (Å²) in [5, 5.41) is 58.2. The number of carboxylic acids is 2. The summed E-state index contributed by atoms with van der Waals surface area (Å²) in [6, 6.07) is -3.07. The van der Waals surface area contributed by atoms with E-state index in [0.717, 1.165) is 6.92 Å². The van der Waals surface area contributed by atoms with Crippen LogP contribution in [-0.4, -0.2) is 153 Å². The van der Waals surface area contributed by atoms with Crippen molar-refractivity contribution in [2.45, 2.75) is 167 Å². The molecule has 0 saturated heterocycles. The molecule has 16 N–H and O–H groups in total. The summed E-state index contributed by atoms with van der Waals surface area (Å²) in [7, 11) is 0. The van der Waals surface area contributed by atoms with Gasteiger partial charge < -0.3 is 74.4 Å². The molecular weight excluding hydrogens is 945 g/mol. The summed E-state index contributed by atoms with van der Waals surface area (Å²) in [6.45, 7) is 12.1. The Morgan fingerprint density at radius 1 is 0.500 bits per heavy atom. The number of aliphatic hydroxyl groups is 2. The molecule has 404 valence electrons. The maximum atomic E-state index is 14.0. The molecule has 0 aliphatic rings. The number of carbonyl (C=O) groups is 11. The Balaban J connectivity index is 3.38. The van der Waals surface area contributed by atoms with Gasteiger partial charge >= 0.3 is 11.9 Å². The predicted molar refractivity (Wildman–Crippen MR) is 259 cm³/mol. The van der Waals surface area contributed by atoms with Gasteiger partial charge in [0, 0.05) is 19.3 Å². The lowest BCUT2D eigenvalue weighted by molar-refractivity contribution is -0.145. The minimum atomic E-state index is -1.74. The van der Waals surface area contributed by atoms with E-state index in [4.69, 9.17) is 11.5 Å². The van der Waals surface area contributed by atoms with Crippen LogP contribution in [0.2, 0.25) is 0 Å². The van der Waals surface area contributed by atoms with Crippen molar-refractivity contribution in [1.82, 2.24) is 42.5 Å². The maximum absolute atomic E-state index is 14.0. The third kappa shape index (κ3) is 24.4. The molecule has 25 heteroatoms. The van der Waals surface area contributed by atoms with Gasteiger partial charge in [0.25, 0.3) is 0 Å². The third-order valence-corrected chi connectivity index (χ3v) is 10.8. The second-order valence-electron chi connectivity index (χ2n) is 19.0. The Bertz CT molecular complexity index is 2020. The van der Waals surface area contributed by atoms with Gasteiger partial charge in [-0.1, -0.05) is 71.9 Å². The fraction of sp³-hybridized carbons (Fsp3) is 0.638. The molecule has 0 heterocycles. The van der Waals surface area contributed by atoms with Crippen LogP contribution in [0, 0.1) is 17.8 Å². The number of primary amides is 1. The van der Waals surface area contributed by atoms with Gasteiger partial charge in [-0.3, -0.25) is 47.9 Å². The van der Waals surface area contributed by atoms with Crippen molar-refractivity contribution in [2.75, 3.05) is 6.54 Å². The highest BCUT2D eigenvalue weighted by molar-refractivity contribution is 5.98. The number of amides is 9. The molecule has 0 aromatic heterocycles. The molecule has 10 atom stereocenters. The summed E-state index contributed by atoms with van der Waals surface area (Å²) < 4.78 is 0. The molecular formula is C47H76N10O15. The Hall–Kier alpha value is -6.73. The van der Waals surface area contributed by atoms with Crippen molar-refractivity contribution < 1.29 is 73.2 Å². The Kier molecular flexibility index (Phi) is 27.8. The van der Waals surface area contributed by atoms with Crippen LogP contribution in [-0.2, 0) is 59.2 Å². The van der Waals surface area contributed by atoms with Crippen LogP contribution in [0.1, 0.15) is 106 Å². The van der Waals surface area contributed by atoms with E-state index in [1.54, 1.807) is 71.9 Å². The van der Waals surface area contributed by atoms with Gasteiger partial charge in [-0.2, -0.15) is 0 Å². The molecule has 0 aliphatic carbocycles. The van der Waals surface area contributed by atoms with E-state index in [-0.39, 0.29) is 49.9 Å². The molecule has 1 aromatic rings. The lowest BCUT2D eigenvalue weighted by Gasteiger charge is -2.28. The van der Waals surface area contributed by atoms with E-state index in [1.165, 1.54) is 6.92 Å². The SMILES string of the molecule is CC(C)CC(NC(=O)CNC(=O)C(Cc1ccccc1)NC(=O)C(N)C(C)O)C(=O)NC(CCC(N)=O)C(=O)NC(CC(C)C)C(=O)NC(CCC(=O)O)C(=O)NC(CC(C)C)C(=O)NC(C(=O)O)C(C)O. The van der Waals surface area contributed by atoms with E-state index in [1.807, 2.05) is 0 Å². The van der Waals surface area contributed by atoms with Gasteiger partial charge in [0.1, 0.15) is 42.3 Å². The molecule has 0 radical (unpaired) electrons. The second kappa shape index (κ2) is 31.6. The maximum Gasteiger partial charge on any atom is 0.328 e. The van der Waals surface area contributed by atoms with E-state index in [2.05, 4.69) is 42.5 Å². The standard InChI is InChI=1S/C47H76N10O15/c1-23(2)18-31(51-36(61)22-50-40(64)34(21-28-12-10-9-11-13-28)56-46(70)38(49)26(7)58)43(67)52-29(14-16-35(48)60)41(65)54-32(19-24(3)4)44(68)53-30(15-17-37(62)63)42(66)55-33(20-25(5)6)45(69)57-39(27(8)59)47(71)72/h9-13,23-27,29-34,38-39,58-59H,14-22,49H2,1-8H3,(H2,48,60)(H,50,64)(H,51,61)(H,52,67)(H,53,68)(H,54,65)(H,55,66)(H,56,70)(H,57,69)(H,62,63)(H,71,72). The topological polar surface area (TPSA) is 417 Å². The summed E-state index contributed by atoms with van der Waals surface area (Å²) in [4.78, 5) is 144. The van der Waals surface area contributed by atoms with Gasteiger partial charge in [-0.15, -0.1) is 0 Å². The number of carbonyl (C=O) groups excluding carboxylic acids is 9. The zero-order chi connectivity index (χ0) is 55.0. The molecule has 0 saturated carbocycles. The van der Waals surface area contributed by atoms with Crippen LogP contribution in [0.3, 0.4) is 0 Å². The van der Waals surface area contributed by atoms with Crippen LogP contribution in [0.5, 0.6) is 0 Å². The fourth-order valence-corrected chi connectivity index (χ4v) is 7.01. The Morgan fingerprint density at radius 3 is 1.31 bits per heavy atom. The van der Waals surface area contributed by atoms with Gasteiger partial charge in [-0.25, -0.2) is 4.79 Å². The number of carboxylic acid groups (broad SMARTS) is 2. The highest BCUT2D eigenvalue weighted by atomic mass is 16.4. The molecule has 72 heavy (non-hydrogen) atoms. The van der Waals surface area contributed by atoms with E-state index in [9.17, 15) is 73.2 Å². The van der Waals surface area contributed by atoms with E-state index < -0.39 is 151 Å². The molecule has 10 unspecified atom stereocenters. The van der Waals surface area contributed by atoms with Crippen LogP contribution < -0.4 is 54.0 Å². The second-order valence-corrected chi connectivity index (χ2v) is 19.0. The zero-order valence-electron chi connectivity index (χ0n) is 42.2. The van der Waals surface area contributed by atoms with Crippen molar-refractivity contribution in [2.24, 2.45) is 29.2 Å². The molecule has 0 spiro atoms. The molecule has 9 amide bonds. The fourth-order valence-electron chi connectivity index (χ4n) is 7.01. The normalized spacial score (nSPS) is 15.4. The smallest absolute Gasteiger partial charge is 0.328 e. The zero-order valence-corrected chi connectivity index (χ0v) is 42.2. The quantitative estimate of drug-likeness (QED) is 0.0338. The lowest BCUT2D eigenvalue weighted by atomic mass is 9.99. The predicted octanol–water partition coefficient (Wildman–Crippen LogP) is -2.82. The summed E-state index contributed by atoms with van der Waals surface area (Å²) in [5.74, 6) is -11.8. The summed E-state index contributed by atoms with van der Waals surface area (Å²) in [6.07, 6.45) is -4.81. The first-order chi connectivity index (χ1) is 33.5. The summed E-state index contributed by atoms with van der Waals surface area (Å²) >= 11 is 0. The van der Waals surface area contributed by atoms with Crippen LogP contribution >= 0.6 is 0 Å². The Labute approximate surface area is 418 Å². The largest absolute Gasteiger partial charge is 0.481 e. The van der Waals surface area contributed by atoms with Gasteiger partial charge in [-0.05, 0) is 69.3 Å². The highest BCUT2D eigenvalue weighted by Gasteiger charge is 2.35. The highest BCUT2D eigenvalue weighted by Crippen LogP contribution is 2.13. The number of aliphatic hydroxyl groups excluding tert-OH is 2. The minimum Gasteiger partial charge on any atom is -0.481 e. The first-order valence-electron chi connectivity index (χ1n) is 23.8. The Morgan fingerprint density at radius 2 is 0.903 bits per heavy atom. The van der Waals surface area contributed by atoms with Crippen LogP contribution in [0.25, 0.3) is 0 Å². The number of hydrogen-bond acceptors (Lipinski definition) is 14. The number of nitrogens with one attached hydrogen (secondary N) is 8. The number of benzene rings is 1.